The zero-order chi connectivity index (χ0) is 22.5. The van der Waals surface area contributed by atoms with Crippen molar-refractivity contribution < 1.29 is 9.53 Å². The Morgan fingerprint density at radius 2 is 1.81 bits per heavy atom. The van der Waals surface area contributed by atoms with E-state index >= 15 is 0 Å². The number of rotatable bonds is 4. The molecule has 0 unspecified atom stereocenters. The zero-order valence-corrected chi connectivity index (χ0v) is 19.9. The fourth-order valence-corrected chi connectivity index (χ4v) is 5.94. The van der Waals surface area contributed by atoms with Crippen molar-refractivity contribution in [3.8, 4) is 5.75 Å². The first kappa shape index (κ1) is 21.5. The van der Waals surface area contributed by atoms with E-state index in [4.69, 9.17) is 4.74 Å². The summed E-state index contributed by atoms with van der Waals surface area (Å²) in [6, 6.07) is 12.9. The standard InChI is InChI=1S/C27H35N3O2/c1-19-8-11-24(32-4)22(16-19)18-28-12-14-29(15-13-28)23-10-9-20-6-5-7-21-17-27(2,3)30(25(20)21)26(23)31/h5-8,11,16,23H,9-10,12-15,17-18H2,1-4H3/t23-/m0/s1. The molecule has 3 aliphatic heterocycles. The van der Waals surface area contributed by atoms with Gasteiger partial charge in [-0.1, -0.05) is 35.9 Å². The van der Waals surface area contributed by atoms with Crippen LogP contribution in [0.25, 0.3) is 0 Å². The number of piperazine rings is 1. The highest BCUT2D eigenvalue weighted by Gasteiger charge is 2.46. The number of hydrogen-bond acceptors (Lipinski definition) is 4. The molecule has 0 spiro atoms. The van der Waals surface area contributed by atoms with Gasteiger partial charge >= 0.3 is 0 Å². The Labute approximate surface area is 191 Å². The van der Waals surface area contributed by atoms with E-state index in [0.29, 0.717) is 5.91 Å². The Morgan fingerprint density at radius 1 is 1.06 bits per heavy atom. The van der Waals surface area contributed by atoms with Gasteiger partial charge in [0.2, 0.25) is 5.91 Å². The molecule has 0 N–H and O–H groups in total. The number of carbonyl (C=O) groups excluding carboxylic acids is 1. The molecule has 3 aliphatic rings. The minimum absolute atomic E-state index is 0.0247. The van der Waals surface area contributed by atoms with Crippen LogP contribution in [0, 0.1) is 6.92 Å². The van der Waals surface area contributed by atoms with E-state index in [1.807, 2.05) is 0 Å². The number of methoxy groups -OCH3 is 1. The molecule has 0 radical (unpaired) electrons. The predicted molar refractivity (Wildman–Crippen MR) is 128 cm³/mol. The number of carbonyl (C=O) groups is 1. The summed E-state index contributed by atoms with van der Waals surface area (Å²) in [6.07, 6.45) is 2.83. The Bertz CT molecular complexity index is 1020. The van der Waals surface area contributed by atoms with Crippen LogP contribution in [0.4, 0.5) is 5.69 Å². The average Bonchev–Trinajstić information content (AvgIpc) is 2.94. The number of anilines is 1. The first-order chi connectivity index (χ1) is 15.4. The number of nitrogens with zero attached hydrogens (tertiary/aromatic N) is 3. The van der Waals surface area contributed by atoms with Gasteiger partial charge in [-0.3, -0.25) is 14.6 Å². The molecule has 0 saturated carbocycles. The minimum Gasteiger partial charge on any atom is -0.496 e. The molecule has 2 aromatic rings. The predicted octanol–water partition coefficient (Wildman–Crippen LogP) is 3.80. The van der Waals surface area contributed by atoms with Crippen molar-refractivity contribution in [3.05, 3.63) is 58.7 Å². The van der Waals surface area contributed by atoms with E-state index in [-0.39, 0.29) is 11.6 Å². The van der Waals surface area contributed by atoms with Crippen LogP contribution in [0.2, 0.25) is 0 Å². The molecule has 32 heavy (non-hydrogen) atoms. The summed E-state index contributed by atoms with van der Waals surface area (Å²) in [5, 5.41) is 0. The Morgan fingerprint density at radius 3 is 2.56 bits per heavy atom. The Kier molecular flexibility index (Phi) is 5.50. The molecular formula is C27H35N3O2. The molecule has 0 aliphatic carbocycles. The van der Waals surface area contributed by atoms with Crippen LogP contribution < -0.4 is 9.64 Å². The van der Waals surface area contributed by atoms with E-state index < -0.39 is 0 Å². The SMILES string of the molecule is COc1ccc(C)cc1CN1CCN([C@H]2CCc3cccc4c3N(C2=O)C(C)(C)C4)CC1. The molecule has 0 bridgehead atoms. The first-order valence-electron chi connectivity index (χ1n) is 11.9. The van der Waals surface area contributed by atoms with E-state index in [2.05, 4.69) is 71.9 Å². The van der Waals surface area contributed by atoms with Crippen LogP contribution in [0.15, 0.2) is 36.4 Å². The van der Waals surface area contributed by atoms with Crippen molar-refractivity contribution >= 4 is 11.6 Å². The van der Waals surface area contributed by atoms with Gasteiger partial charge in [-0.15, -0.1) is 0 Å². The molecule has 5 nitrogen and oxygen atoms in total. The number of hydrogen-bond donors (Lipinski definition) is 0. The lowest BCUT2D eigenvalue weighted by atomic mass is 9.96. The largest absolute Gasteiger partial charge is 0.496 e. The highest BCUT2D eigenvalue weighted by atomic mass is 16.5. The Balaban J connectivity index is 1.30. The first-order valence-corrected chi connectivity index (χ1v) is 11.9. The van der Waals surface area contributed by atoms with Crippen LogP contribution in [-0.2, 0) is 24.2 Å². The summed E-state index contributed by atoms with van der Waals surface area (Å²) in [4.78, 5) is 20.9. The van der Waals surface area contributed by atoms with Crippen molar-refractivity contribution in [2.45, 2.75) is 58.2 Å². The molecule has 0 aromatic heterocycles. The van der Waals surface area contributed by atoms with Crippen molar-refractivity contribution in [1.29, 1.82) is 0 Å². The van der Waals surface area contributed by atoms with Crippen molar-refractivity contribution in [3.63, 3.8) is 0 Å². The van der Waals surface area contributed by atoms with Crippen LogP contribution in [-0.4, -0.2) is 60.6 Å². The number of aryl methyl sites for hydroxylation is 2. The third kappa shape index (κ3) is 3.71. The van der Waals surface area contributed by atoms with Gasteiger partial charge in [0.25, 0.3) is 0 Å². The van der Waals surface area contributed by atoms with E-state index in [1.165, 1.54) is 27.9 Å². The summed E-state index contributed by atoms with van der Waals surface area (Å²) >= 11 is 0. The minimum atomic E-state index is -0.151. The number of para-hydroxylation sites is 1. The smallest absolute Gasteiger partial charge is 0.244 e. The molecule has 1 amide bonds. The van der Waals surface area contributed by atoms with Crippen LogP contribution in [0.5, 0.6) is 5.75 Å². The number of benzene rings is 2. The second-order valence-corrected chi connectivity index (χ2v) is 10.3. The van der Waals surface area contributed by atoms with Gasteiger partial charge in [-0.2, -0.15) is 0 Å². The third-order valence-electron chi connectivity index (χ3n) is 7.53. The molecular weight excluding hydrogens is 398 g/mol. The second kappa shape index (κ2) is 8.20. The molecule has 3 heterocycles. The van der Waals surface area contributed by atoms with Gasteiger partial charge in [0.1, 0.15) is 5.75 Å². The lowest BCUT2D eigenvalue weighted by Gasteiger charge is -2.41. The average molecular weight is 434 g/mol. The second-order valence-electron chi connectivity index (χ2n) is 10.3. The topological polar surface area (TPSA) is 36.0 Å². The van der Waals surface area contributed by atoms with E-state index in [1.54, 1.807) is 7.11 Å². The fourth-order valence-electron chi connectivity index (χ4n) is 5.94. The van der Waals surface area contributed by atoms with Crippen LogP contribution in [0.3, 0.4) is 0 Å². The summed E-state index contributed by atoms with van der Waals surface area (Å²) in [7, 11) is 1.74. The van der Waals surface area contributed by atoms with Gasteiger partial charge in [-0.25, -0.2) is 0 Å². The molecule has 5 rings (SSSR count). The van der Waals surface area contributed by atoms with Gasteiger partial charge in [0, 0.05) is 43.8 Å². The van der Waals surface area contributed by atoms with Crippen molar-refractivity contribution in [2.24, 2.45) is 0 Å². The quantitative estimate of drug-likeness (QED) is 0.735. The van der Waals surface area contributed by atoms with Gasteiger partial charge in [0.05, 0.1) is 18.8 Å². The number of amides is 1. The summed E-state index contributed by atoms with van der Waals surface area (Å²) < 4.78 is 5.58. The molecule has 170 valence electrons. The normalized spacial score (nSPS) is 23.2. The zero-order valence-electron chi connectivity index (χ0n) is 19.9. The maximum Gasteiger partial charge on any atom is 0.244 e. The van der Waals surface area contributed by atoms with Gasteiger partial charge in [0.15, 0.2) is 0 Å². The van der Waals surface area contributed by atoms with Crippen LogP contribution in [0.1, 0.15) is 42.5 Å². The summed E-state index contributed by atoms with van der Waals surface area (Å²) in [5.74, 6) is 1.26. The molecule has 2 aromatic carbocycles. The molecule has 5 heteroatoms. The van der Waals surface area contributed by atoms with Gasteiger partial charge < -0.3 is 9.64 Å². The lowest BCUT2D eigenvalue weighted by molar-refractivity contribution is -0.125. The van der Waals surface area contributed by atoms with Crippen LogP contribution >= 0.6 is 0 Å². The van der Waals surface area contributed by atoms with E-state index in [9.17, 15) is 4.79 Å². The monoisotopic (exact) mass is 433 g/mol. The molecule has 1 fully saturated rings. The number of ether oxygens (including phenoxy) is 1. The maximum atomic E-state index is 13.8. The highest BCUT2D eigenvalue weighted by Crippen LogP contribution is 2.44. The van der Waals surface area contributed by atoms with Gasteiger partial charge in [-0.05, 0) is 57.2 Å². The molecule has 1 atom stereocenters. The summed E-state index contributed by atoms with van der Waals surface area (Å²) in [6.45, 7) is 11.3. The summed E-state index contributed by atoms with van der Waals surface area (Å²) in [5.41, 5.74) is 6.23. The third-order valence-corrected chi connectivity index (χ3v) is 7.53. The maximum absolute atomic E-state index is 13.8. The Hall–Kier alpha value is -2.37. The highest BCUT2D eigenvalue weighted by molar-refractivity contribution is 6.02. The lowest BCUT2D eigenvalue weighted by Crippen LogP contribution is -2.58. The molecule has 1 saturated heterocycles. The van der Waals surface area contributed by atoms with E-state index in [0.717, 1.165) is 57.7 Å². The fraction of sp³-hybridized carbons (Fsp3) is 0.519. The van der Waals surface area contributed by atoms with Crippen molar-refractivity contribution in [1.82, 2.24) is 9.80 Å². The van der Waals surface area contributed by atoms with Crippen molar-refractivity contribution in [2.75, 3.05) is 38.2 Å².